The highest BCUT2D eigenvalue weighted by Crippen LogP contribution is 2.30. The average Bonchev–Trinajstić information content (AvgIpc) is 3.21. The number of nitrogen functional groups attached to an aromatic ring is 1. The van der Waals surface area contributed by atoms with Crippen LogP contribution < -0.4 is 22.5 Å². The van der Waals surface area contributed by atoms with Crippen molar-refractivity contribution < 1.29 is 0 Å². The van der Waals surface area contributed by atoms with Gasteiger partial charge in [-0.05, 0) is 24.8 Å². The van der Waals surface area contributed by atoms with E-state index in [0.717, 1.165) is 17.4 Å². The fourth-order valence-electron chi connectivity index (χ4n) is 2.28. The molecule has 1 aliphatic carbocycles. The highest BCUT2D eigenvalue weighted by Gasteiger charge is 2.24. The smallest absolute Gasteiger partial charge is 0.310 e. The molecule has 1 fully saturated rings. The lowest BCUT2D eigenvalue weighted by Crippen LogP contribution is -2.41. The lowest BCUT2D eigenvalue weighted by molar-refractivity contribution is 0.555. The second-order valence-corrected chi connectivity index (χ2v) is 5.49. The van der Waals surface area contributed by atoms with E-state index in [9.17, 15) is 9.59 Å². The first kappa shape index (κ1) is 15.1. The molecule has 1 saturated carbocycles. The Morgan fingerprint density at radius 2 is 2.04 bits per heavy atom. The quantitative estimate of drug-likeness (QED) is 0.445. The van der Waals surface area contributed by atoms with Crippen LogP contribution in [-0.2, 0) is 19.6 Å². The van der Waals surface area contributed by atoms with E-state index >= 15 is 0 Å². The second kappa shape index (κ2) is 6.54. The number of hydrogen-bond donors (Lipinski definition) is 2. The first-order chi connectivity index (χ1) is 11.2. The molecule has 0 aromatic carbocycles. The second-order valence-electron chi connectivity index (χ2n) is 5.49. The normalized spacial score (nSPS) is 13.4. The van der Waals surface area contributed by atoms with Crippen molar-refractivity contribution in [1.29, 1.82) is 0 Å². The van der Waals surface area contributed by atoms with Gasteiger partial charge in [0.05, 0.1) is 6.54 Å². The van der Waals surface area contributed by atoms with Gasteiger partial charge in [0, 0.05) is 25.0 Å². The van der Waals surface area contributed by atoms with Crippen LogP contribution in [0, 0.1) is 17.8 Å². The van der Waals surface area contributed by atoms with Crippen molar-refractivity contribution in [1.82, 2.24) is 18.9 Å². The number of anilines is 1. The summed E-state index contributed by atoms with van der Waals surface area (Å²) in [7, 11) is 0. The molecule has 2 aromatic rings. The van der Waals surface area contributed by atoms with Gasteiger partial charge in [0.15, 0.2) is 0 Å². The Kier molecular flexibility index (Phi) is 4.30. The zero-order valence-electron chi connectivity index (χ0n) is 12.6. The first-order valence-corrected chi connectivity index (χ1v) is 7.43. The highest BCUT2D eigenvalue weighted by atomic mass is 16.2. The minimum absolute atomic E-state index is 0.0501. The van der Waals surface area contributed by atoms with Crippen LogP contribution in [0.15, 0.2) is 34.1 Å². The molecule has 120 valence electrons. The predicted molar refractivity (Wildman–Crippen MR) is 85.5 cm³/mol. The van der Waals surface area contributed by atoms with E-state index in [0.29, 0.717) is 24.8 Å². The van der Waals surface area contributed by atoms with E-state index in [1.165, 1.54) is 10.6 Å². The van der Waals surface area contributed by atoms with Crippen molar-refractivity contribution in [2.45, 2.75) is 32.5 Å². The Balaban J connectivity index is 1.82. The summed E-state index contributed by atoms with van der Waals surface area (Å²) >= 11 is 0. The van der Waals surface area contributed by atoms with Crippen LogP contribution in [0.1, 0.15) is 12.8 Å². The van der Waals surface area contributed by atoms with Crippen molar-refractivity contribution in [3.63, 3.8) is 0 Å². The molecule has 0 unspecified atom stereocenters. The molecule has 8 heteroatoms. The van der Waals surface area contributed by atoms with E-state index in [-0.39, 0.29) is 12.2 Å². The minimum atomic E-state index is -0.414. The Bertz CT molecular complexity index is 849. The van der Waals surface area contributed by atoms with Crippen LogP contribution in [0.2, 0.25) is 0 Å². The molecule has 23 heavy (non-hydrogen) atoms. The maximum atomic E-state index is 12.5. The summed E-state index contributed by atoms with van der Waals surface area (Å²) in [4.78, 5) is 24.6. The maximum absolute atomic E-state index is 12.5. The third-order valence-corrected chi connectivity index (χ3v) is 3.73. The number of aromatic nitrogens is 4. The summed E-state index contributed by atoms with van der Waals surface area (Å²) in [6, 6.07) is 3.14. The molecule has 0 saturated heterocycles. The summed E-state index contributed by atoms with van der Waals surface area (Å²) < 4.78 is 4.30. The molecule has 0 aliphatic heterocycles. The molecule has 0 atom stereocenters. The Labute approximate surface area is 132 Å². The maximum Gasteiger partial charge on any atom is 0.333 e. The van der Waals surface area contributed by atoms with Crippen molar-refractivity contribution in [2.75, 3.05) is 5.43 Å². The number of rotatable bonds is 5. The molecule has 2 heterocycles. The molecule has 0 radical (unpaired) electrons. The molecule has 3 N–H and O–H groups in total. The fourth-order valence-corrected chi connectivity index (χ4v) is 2.28. The minimum Gasteiger partial charge on any atom is -0.310 e. The molecule has 1 aliphatic rings. The van der Waals surface area contributed by atoms with Gasteiger partial charge < -0.3 is 5.43 Å². The van der Waals surface area contributed by atoms with Gasteiger partial charge in [-0.15, -0.1) is 0 Å². The van der Waals surface area contributed by atoms with Crippen molar-refractivity contribution in [3.05, 3.63) is 45.4 Å². The first-order valence-electron chi connectivity index (χ1n) is 7.43. The molecular formula is C15H18N6O2. The van der Waals surface area contributed by atoms with Gasteiger partial charge in [-0.3, -0.25) is 14.0 Å². The van der Waals surface area contributed by atoms with Gasteiger partial charge in [-0.25, -0.2) is 15.2 Å². The monoisotopic (exact) mass is 314 g/mol. The molecule has 0 bridgehead atoms. The van der Waals surface area contributed by atoms with Gasteiger partial charge in [0.2, 0.25) is 0 Å². The molecule has 8 nitrogen and oxygen atoms in total. The summed E-state index contributed by atoms with van der Waals surface area (Å²) in [5.74, 6) is 12.0. The van der Waals surface area contributed by atoms with Gasteiger partial charge in [0.25, 0.3) is 5.56 Å². The zero-order chi connectivity index (χ0) is 16.2. The Hall–Kier alpha value is -2.79. The van der Waals surface area contributed by atoms with Crippen molar-refractivity contribution in [2.24, 2.45) is 11.8 Å². The number of hydrogen-bond acceptors (Lipinski definition) is 5. The van der Waals surface area contributed by atoms with Gasteiger partial charge in [-0.1, -0.05) is 11.8 Å². The predicted octanol–water partition coefficient (Wildman–Crippen LogP) is -0.394. The number of nitrogens with one attached hydrogen (secondary N) is 1. The lowest BCUT2D eigenvalue weighted by atomic mass is 10.4. The van der Waals surface area contributed by atoms with Crippen LogP contribution >= 0.6 is 0 Å². The third-order valence-electron chi connectivity index (χ3n) is 3.73. The summed E-state index contributed by atoms with van der Waals surface area (Å²) in [5, 5.41) is 4.03. The van der Waals surface area contributed by atoms with Gasteiger partial charge in [-0.2, -0.15) is 5.10 Å². The molecule has 3 rings (SSSR count). The summed E-state index contributed by atoms with van der Waals surface area (Å²) in [5.41, 5.74) is 1.63. The molecule has 0 spiro atoms. The summed E-state index contributed by atoms with van der Waals surface area (Å²) in [6.07, 6.45) is 5.66. The van der Waals surface area contributed by atoms with Crippen LogP contribution in [0.3, 0.4) is 0 Å². The average molecular weight is 314 g/mol. The Morgan fingerprint density at radius 3 is 2.70 bits per heavy atom. The molecule has 0 amide bonds. The molecular weight excluding hydrogens is 296 g/mol. The Morgan fingerprint density at radius 1 is 1.26 bits per heavy atom. The topological polar surface area (TPSA) is 99.9 Å². The van der Waals surface area contributed by atoms with E-state index in [4.69, 9.17) is 5.84 Å². The SMILES string of the molecule is NNc1cc(=O)n(CC#CCn2cccn2)c(=O)n1CC1CC1. The van der Waals surface area contributed by atoms with Crippen LogP contribution in [0.25, 0.3) is 0 Å². The van der Waals surface area contributed by atoms with Crippen molar-refractivity contribution in [3.8, 4) is 11.8 Å². The zero-order valence-corrected chi connectivity index (χ0v) is 12.6. The van der Waals surface area contributed by atoms with Gasteiger partial charge in [0.1, 0.15) is 12.4 Å². The van der Waals surface area contributed by atoms with Crippen molar-refractivity contribution >= 4 is 5.82 Å². The number of hydrazine groups is 1. The van der Waals surface area contributed by atoms with Crippen LogP contribution in [0.4, 0.5) is 5.82 Å². The van der Waals surface area contributed by atoms with E-state index in [1.54, 1.807) is 23.1 Å². The van der Waals surface area contributed by atoms with E-state index in [1.807, 2.05) is 0 Å². The lowest BCUT2D eigenvalue weighted by Gasteiger charge is -2.13. The largest absolute Gasteiger partial charge is 0.333 e. The van der Waals surface area contributed by atoms with E-state index in [2.05, 4.69) is 22.4 Å². The van der Waals surface area contributed by atoms with Crippen LogP contribution in [0.5, 0.6) is 0 Å². The standard InChI is InChI=1S/C15H18N6O2/c16-18-13-10-14(22)20(15(23)21(13)11-12-4-5-12)9-2-1-7-19-8-3-6-17-19/h3,6,8,10,12,18H,4-5,7,9,11,16H2. The fraction of sp³-hybridized carbons (Fsp3) is 0.400. The van der Waals surface area contributed by atoms with Crippen LogP contribution in [-0.4, -0.2) is 18.9 Å². The third kappa shape index (κ3) is 3.52. The highest BCUT2D eigenvalue weighted by molar-refractivity contribution is 5.32. The number of nitrogens with zero attached hydrogens (tertiary/aromatic N) is 4. The molecule has 2 aromatic heterocycles. The summed E-state index contributed by atoms with van der Waals surface area (Å²) in [6.45, 7) is 1.04. The van der Waals surface area contributed by atoms with E-state index < -0.39 is 5.56 Å². The number of nitrogens with two attached hydrogens (primary N) is 1. The van der Waals surface area contributed by atoms with Gasteiger partial charge >= 0.3 is 5.69 Å².